The van der Waals surface area contributed by atoms with Crippen LogP contribution in [-0.4, -0.2) is 17.8 Å². The molecule has 1 aromatic carbocycles. The second-order valence-corrected chi connectivity index (χ2v) is 6.42. The average Bonchev–Trinajstić information content (AvgIpc) is 3.03. The molecule has 1 heterocycles. The number of carbonyl (C=O) groups is 1. The Morgan fingerprint density at radius 3 is 2.62 bits per heavy atom. The highest BCUT2D eigenvalue weighted by Gasteiger charge is 2.19. The van der Waals surface area contributed by atoms with Gasteiger partial charge in [0.05, 0.1) is 5.56 Å². The van der Waals surface area contributed by atoms with Crippen molar-refractivity contribution in [2.75, 3.05) is 18.1 Å². The lowest BCUT2D eigenvalue weighted by molar-refractivity contribution is 0.103. The molecule has 2 rings (SSSR count). The van der Waals surface area contributed by atoms with E-state index in [2.05, 4.69) is 16.9 Å². The van der Waals surface area contributed by atoms with E-state index in [0.717, 1.165) is 16.2 Å². The molecule has 1 aromatic heterocycles. The summed E-state index contributed by atoms with van der Waals surface area (Å²) in [4.78, 5) is 17.3. The third-order valence-electron chi connectivity index (χ3n) is 2.94. The van der Waals surface area contributed by atoms with E-state index in [9.17, 15) is 9.18 Å². The van der Waals surface area contributed by atoms with Crippen LogP contribution >= 0.6 is 23.3 Å². The topological polar surface area (TPSA) is 94.0 Å². The van der Waals surface area contributed by atoms with Crippen LogP contribution in [0.3, 0.4) is 0 Å². The van der Waals surface area contributed by atoms with Gasteiger partial charge in [-0.15, -0.1) is 0 Å². The van der Waals surface area contributed by atoms with Gasteiger partial charge in [0.2, 0.25) is 5.78 Å². The van der Waals surface area contributed by atoms with Crippen LogP contribution in [-0.2, 0) is 0 Å². The molecule has 0 aliphatic rings. The fourth-order valence-corrected chi connectivity index (χ4v) is 2.97. The number of nitrogen functional groups attached to an aromatic ring is 1. The first-order valence-electron chi connectivity index (χ1n) is 7.53. The van der Waals surface area contributed by atoms with Gasteiger partial charge in [0, 0.05) is 12.0 Å². The van der Waals surface area contributed by atoms with Crippen LogP contribution in [0.2, 0.25) is 0 Å². The lowest BCUT2D eigenvalue weighted by Crippen LogP contribution is -2.04. The molecular weight excluding hydrogens is 371 g/mol. The van der Waals surface area contributed by atoms with Gasteiger partial charge in [-0.2, -0.15) is 0 Å². The number of rotatable bonds is 6. The zero-order chi connectivity index (χ0) is 19.5. The predicted octanol–water partition coefficient (Wildman–Crippen LogP) is 4.38. The van der Waals surface area contributed by atoms with Gasteiger partial charge in [-0.05, 0) is 37.1 Å². The average molecular weight is 393 g/mol. The zero-order valence-electron chi connectivity index (χ0n) is 14.5. The first-order valence-corrected chi connectivity index (χ1v) is 9.23. The van der Waals surface area contributed by atoms with Gasteiger partial charge in [0.15, 0.2) is 5.13 Å². The number of aromatic nitrogens is 1. The van der Waals surface area contributed by atoms with Crippen molar-refractivity contribution >= 4 is 40.0 Å². The minimum atomic E-state index is -0.559. The Kier molecular flexibility index (Phi) is 9.35. The van der Waals surface area contributed by atoms with Crippen molar-refractivity contribution in [3.05, 3.63) is 76.3 Å². The Morgan fingerprint density at radius 1 is 1.42 bits per heavy atom. The number of hydrogen-bond donors (Lipinski definition) is 3. The standard InChI is InChI=1S/C11H10FN3OS.C7H11NS/c1-14-11-15-10(13)9(17-11)8(16)6-4-2-3-5-7(6)12;1-3-5-7(9-8)6-4-2/h2-5H,13H2,1H3,(H,14,15);3-6H,1,8H2,2H3/b;6-4-,7-5+. The number of benzene rings is 1. The van der Waals surface area contributed by atoms with Crippen LogP contribution in [0, 0.1) is 5.82 Å². The molecule has 0 radical (unpaired) electrons. The number of ketones is 1. The highest BCUT2D eigenvalue weighted by molar-refractivity contribution is 8.01. The number of hydrogen-bond acceptors (Lipinski definition) is 7. The molecule has 8 heteroatoms. The normalized spacial score (nSPS) is 11.0. The molecule has 0 aliphatic carbocycles. The van der Waals surface area contributed by atoms with Crippen molar-refractivity contribution in [2.24, 2.45) is 5.14 Å². The van der Waals surface area contributed by atoms with Gasteiger partial charge in [0.1, 0.15) is 16.5 Å². The first kappa shape index (κ1) is 21.6. The van der Waals surface area contributed by atoms with Gasteiger partial charge >= 0.3 is 0 Å². The van der Waals surface area contributed by atoms with Crippen LogP contribution in [0.25, 0.3) is 0 Å². The molecule has 0 bridgehead atoms. The number of halogens is 1. The maximum absolute atomic E-state index is 13.5. The molecule has 0 atom stereocenters. The Bertz CT molecular complexity index is 815. The predicted molar refractivity (Wildman–Crippen MR) is 111 cm³/mol. The third-order valence-corrected chi connectivity index (χ3v) is 4.57. The molecule has 0 amide bonds. The van der Waals surface area contributed by atoms with Crippen LogP contribution in [0.1, 0.15) is 22.2 Å². The van der Waals surface area contributed by atoms with E-state index in [1.807, 2.05) is 25.2 Å². The van der Waals surface area contributed by atoms with Gasteiger partial charge < -0.3 is 11.1 Å². The minimum Gasteiger partial charge on any atom is -0.382 e. The van der Waals surface area contributed by atoms with E-state index in [-0.39, 0.29) is 16.3 Å². The van der Waals surface area contributed by atoms with E-state index in [0.29, 0.717) is 5.13 Å². The van der Waals surface area contributed by atoms with Crippen LogP contribution in [0.4, 0.5) is 15.3 Å². The summed E-state index contributed by atoms with van der Waals surface area (Å²) < 4.78 is 13.5. The van der Waals surface area contributed by atoms with Gasteiger partial charge in [0.25, 0.3) is 0 Å². The summed E-state index contributed by atoms with van der Waals surface area (Å²) in [7, 11) is 1.68. The van der Waals surface area contributed by atoms with Crippen molar-refractivity contribution < 1.29 is 9.18 Å². The van der Waals surface area contributed by atoms with Gasteiger partial charge in [-0.3, -0.25) is 9.93 Å². The van der Waals surface area contributed by atoms with Crippen LogP contribution in [0.5, 0.6) is 0 Å². The summed E-state index contributed by atoms with van der Waals surface area (Å²) in [6.07, 6.45) is 7.46. The zero-order valence-corrected chi connectivity index (χ0v) is 16.2. The van der Waals surface area contributed by atoms with E-state index in [1.54, 1.807) is 19.2 Å². The molecular formula is C18H21FN4OS2. The molecule has 0 fully saturated rings. The molecule has 0 unspecified atom stereocenters. The number of allylic oxidation sites excluding steroid dienone is 4. The molecule has 0 aliphatic heterocycles. The minimum absolute atomic E-state index is 0.00510. The molecule has 0 spiro atoms. The SMILES string of the molecule is C=C/C=C(\C=C/C)SN.CNc1nc(N)c(C(=O)c2ccccc2F)s1. The van der Waals surface area contributed by atoms with Gasteiger partial charge in [-0.25, -0.2) is 9.37 Å². The van der Waals surface area contributed by atoms with Crippen LogP contribution < -0.4 is 16.2 Å². The number of nitrogens with two attached hydrogens (primary N) is 2. The van der Waals surface area contributed by atoms with Gasteiger partial charge in [-0.1, -0.05) is 48.3 Å². The Morgan fingerprint density at radius 2 is 2.12 bits per heavy atom. The lowest BCUT2D eigenvalue weighted by atomic mass is 10.1. The number of carbonyl (C=O) groups excluding carboxylic acids is 1. The lowest BCUT2D eigenvalue weighted by Gasteiger charge is -1.99. The van der Waals surface area contributed by atoms with Crippen molar-refractivity contribution in [2.45, 2.75) is 6.92 Å². The number of anilines is 2. The first-order chi connectivity index (χ1) is 12.5. The fourth-order valence-electron chi connectivity index (χ4n) is 1.78. The van der Waals surface area contributed by atoms with E-state index < -0.39 is 11.6 Å². The van der Waals surface area contributed by atoms with Crippen molar-refractivity contribution in [3.63, 3.8) is 0 Å². The van der Waals surface area contributed by atoms with E-state index in [4.69, 9.17) is 10.9 Å². The molecule has 26 heavy (non-hydrogen) atoms. The van der Waals surface area contributed by atoms with Crippen LogP contribution in [0.15, 0.2) is 60.1 Å². The molecule has 0 saturated heterocycles. The summed E-state index contributed by atoms with van der Waals surface area (Å²) in [5.74, 6) is -0.886. The summed E-state index contributed by atoms with van der Waals surface area (Å²) in [5, 5.41) is 8.61. The Labute approximate surface area is 160 Å². The fraction of sp³-hybridized carbons (Fsp3) is 0.111. The maximum atomic E-state index is 13.5. The molecule has 2 aromatic rings. The number of nitrogens with one attached hydrogen (secondary N) is 1. The molecule has 5 nitrogen and oxygen atoms in total. The second kappa shape index (κ2) is 11.2. The summed E-state index contributed by atoms with van der Waals surface area (Å²) >= 11 is 2.33. The highest BCUT2D eigenvalue weighted by atomic mass is 32.2. The maximum Gasteiger partial charge on any atom is 0.209 e. The highest BCUT2D eigenvalue weighted by Crippen LogP contribution is 2.27. The summed E-state index contributed by atoms with van der Waals surface area (Å²) in [6.45, 7) is 5.50. The third kappa shape index (κ3) is 6.14. The Balaban J connectivity index is 0.000000321. The summed E-state index contributed by atoms with van der Waals surface area (Å²) in [6, 6.07) is 5.80. The Hall–Kier alpha value is -2.42. The second-order valence-electron chi connectivity index (χ2n) is 4.71. The van der Waals surface area contributed by atoms with Crippen molar-refractivity contribution in [1.29, 1.82) is 0 Å². The monoisotopic (exact) mass is 392 g/mol. The smallest absolute Gasteiger partial charge is 0.209 e. The van der Waals surface area contributed by atoms with E-state index in [1.165, 1.54) is 30.1 Å². The number of thiazole rings is 1. The quantitative estimate of drug-likeness (QED) is 0.384. The molecule has 5 N–H and O–H groups in total. The van der Waals surface area contributed by atoms with Crippen molar-refractivity contribution in [1.82, 2.24) is 4.98 Å². The molecule has 0 saturated carbocycles. The summed E-state index contributed by atoms with van der Waals surface area (Å²) in [5.41, 5.74) is 5.63. The van der Waals surface area contributed by atoms with Crippen molar-refractivity contribution in [3.8, 4) is 0 Å². The number of nitrogens with zero attached hydrogens (tertiary/aromatic N) is 1. The van der Waals surface area contributed by atoms with E-state index >= 15 is 0 Å². The molecule has 138 valence electrons. The largest absolute Gasteiger partial charge is 0.382 e.